The summed E-state index contributed by atoms with van der Waals surface area (Å²) in [6.45, 7) is 1.09. The summed E-state index contributed by atoms with van der Waals surface area (Å²) in [6, 6.07) is 3.19. The minimum absolute atomic E-state index is 0.184. The van der Waals surface area contributed by atoms with Gasteiger partial charge in [0.05, 0.1) is 18.2 Å². The summed E-state index contributed by atoms with van der Waals surface area (Å²) in [5.41, 5.74) is 0.550. The first kappa shape index (κ1) is 11.1. The number of carbonyl (C=O) groups excluding carboxylic acids is 1. The van der Waals surface area contributed by atoms with Gasteiger partial charge in [-0.1, -0.05) is 11.6 Å². The Morgan fingerprint density at radius 1 is 1.38 bits per heavy atom. The second kappa shape index (κ2) is 4.61. The Morgan fingerprint density at radius 3 is 2.88 bits per heavy atom. The SMILES string of the molecule is O=C([O-])Cc1cc(Cl)c2c(c1)OCCCO2. The summed E-state index contributed by atoms with van der Waals surface area (Å²) in [4.78, 5) is 10.5. The predicted octanol–water partition coefficient (Wildman–Crippen LogP) is 0.794. The van der Waals surface area contributed by atoms with Gasteiger partial charge in [0, 0.05) is 18.8 Å². The molecule has 1 aromatic carbocycles. The van der Waals surface area contributed by atoms with Crippen LogP contribution in [-0.2, 0) is 11.2 Å². The van der Waals surface area contributed by atoms with E-state index in [1.165, 1.54) is 0 Å². The lowest BCUT2D eigenvalue weighted by Gasteiger charge is -2.11. The molecule has 0 aliphatic carbocycles. The average Bonchev–Trinajstić information content (AvgIpc) is 2.41. The van der Waals surface area contributed by atoms with Gasteiger partial charge in [-0.05, 0) is 17.7 Å². The van der Waals surface area contributed by atoms with E-state index in [0.29, 0.717) is 35.3 Å². The van der Waals surface area contributed by atoms with E-state index in [0.717, 1.165) is 6.42 Å². The van der Waals surface area contributed by atoms with E-state index in [2.05, 4.69) is 0 Å². The standard InChI is InChI=1S/C11H11ClO4/c12-8-4-7(6-10(13)14)5-9-11(8)16-3-1-2-15-9/h4-5H,1-3,6H2,(H,13,14)/p-1. The fourth-order valence-corrected chi connectivity index (χ4v) is 1.84. The van der Waals surface area contributed by atoms with Gasteiger partial charge >= 0.3 is 0 Å². The van der Waals surface area contributed by atoms with Crippen LogP contribution < -0.4 is 14.6 Å². The van der Waals surface area contributed by atoms with Gasteiger partial charge in [-0.3, -0.25) is 0 Å². The molecular weight excluding hydrogens is 232 g/mol. The zero-order valence-corrected chi connectivity index (χ0v) is 9.25. The van der Waals surface area contributed by atoms with Crippen molar-refractivity contribution in [1.82, 2.24) is 0 Å². The monoisotopic (exact) mass is 241 g/mol. The van der Waals surface area contributed by atoms with Crippen LogP contribution in [0.1, 0.15) is 12.0 Å². The van der Waals surface area contributed by atoms with E-state index >= 15 is 0 Å². The highest BCUT2D eigenvalue weighted by Crippen LogP contribution is 2.37. The highest BCUT2D eigenvalue weighted by Gasteiger charge is 2.15. The van der Waals surface area contributed by atoms with Gasteiger partial charge in [-0.2, -0.15) is 0 Å². The van der Waals surface area contributed by atoms with Gasteiger partial charge in [0.25, 0.3) is 0 Å². The molecule has 2 rings (SSSR count). The number of benzene rings is 1. The third-order valence-corrected chi connectivity index (χ3v) is 2.49. The molecule has 16 heavy (non-hydrogen) atoms. The van der Waals surface area contributed by atoms with E-state index in [9.17, 15) is 9.90 Å². The van der Waals surface area contributed by atoms with Crippen molar-refractivity contribution >= 4 is 17.6 Å². The molecule has 0 spiro atoms. The molecule has 1 heterocycles. The fraction of sp³-hybridized carbons (Fsp3) is 0.364. The molecule has 0 aromatic heterocycles. The van der Waals surface area contributed by atoms with Crippen molar-refractivity contribution in [3.63, 3.8) is 0 Å². The van der Waals surface area contributed by atoms with Crippen LogP contribution in [0.2, 0.25) is 5.02 Å². The molecule has 0 saturated carbocycles. The van der Waals surface area contributed by atoms with Crippen LogP contribution in [0.25, 0.3) is 0 Å². The summed E-state index contributed by atoms with van der Waals surface area (Å²) in [6.07, 6.45) is 0.594. The van der Waals surface area contributed by atoms with E-state index in [1.807, 2.05) is 0 Å². The maximum atomic E-state index is 10.5. The van der Waals surface area contributed by atoms with Crippen LogP contribution in [0.4, 0.5) is 0 Å². The molecule has 1 aliphatic rings. The van der Waals surface area contributed by atoms with Crippen molar-refractivity contribution in [2.24, 2.45) is 0 Å². The number of hydrogen-bond donors (Lipinski definition) is 0. The van der Waals surface area contributed by atoms with Crippen LogP contribution in [0.5, 0.6) is 11.5 Å². The van der Waals surface area contributed by atoms with E-state index in [1.54, 1.807) is 12.1 Å². The predicted molar refractivity (Wildman–Crippen MR) is 55.8 cm³/mol. The Labute approximate surface area is 97.7 Å². The Hall–Kier alpha value is -1.42. The van der Waals surface area contributed by atoms with Gasteiger partial charge in [-0.15, -0.1) is 0 Å². The molecule has 1 aliphatic heterocycles. The maximum Gasteiger partial charge on any atom is 0.179 e. The molecule has 0 amide bonds. The van der Waals surface area contributed by atoms with Gasteiger partial charge in [0.15, 0.2) is 11.5 Å². The second-order valence-corrected chi connectivity index (χ2v) is 3.91. The summed E-state index contributed by atoms with van der Waals surface area (Å²) < 4.78 is 10.8. The zero-order valence-electron chi connectivity index (χ0n) is 8.49. The smallest absolute Gasteiger partial charge is 0.179 e. The number of fused-ring (bicyclic) bond motifs is 1. The number of rotatable bonds is 2. The fourth-order valence-electron chi connectivity index (χ4n) is 1.55. The van der Waals surface area contributed by atoms with Gasteiger partial charge in [0.1, 0.15) is 0 Å². The second-order valence-electron chi connectivity index (χ2n) is 3.50. The van der Waals surface area contributed by atoms with Gasteiger partial charge < -0.3 is 19.4 Å². The first-order chi connectivity index (χ1) is 7.66. The topological polar surface area (TPSA) is 58.6 Å². The van der Waals surface area contributed by atoms with Gasteiger partial charge in [0.2, 0.25) is 0 Å². The number of carboxylic acid groups (broad SMARTS) is 1. The van der Waals surface area contributed by atoms with Crippen LogP contribution in [0.15, 0.2) is 12.1 Å². The van der Waals surface area contributed by atoms with Gasteiger partial charge in [-0.25, -0.2) is 0 Å². The largest absolute Gasteiger partial charge is 0.550 e. The quantitative estimate of drug-likeness (QED) is 0.768. The highest BCUT2D eigenvalue weighted by molar-refractivity contribution is 6.32. The number of halogens is 1. The normalized spacial score (nSPS) is 14.3. The average molecular weight is 242 g/mol. The lowest BCUT2D eigenvalue weighted by molar-refractivity contribution is -0.304. The zero-order chi connectivity index (χ0) is 11.5. The summed E-state index contributed by atoms with van der Waals surface area (Å²) in [5.74, 6) is -0.159. The summed E-state index contributed by atoms with van der Waals surface area (Å²) >= 11 is 5.98. The molecule has 0 unspecified atom stereocenters. The summed E-state index contributed by atoms with van der Waals surface area (Å²) in [5, 5.41) is 10.9. The molecule has 1 aromatic rings. The van der Waals surface area contributed by atoms with Crippen LogP contribution in [0.3, 0.4) is 0 Å². The maximum absolute atomic E-state index is 10.5. The molecule has 0 atom stereocenters. The van der Waals surface area contributed by atoms with Crippen molar-refractivity contribution in [2.75, 3.05) is 13.2 Å². The Balaban J connectivity index is 2.35. The Morgan fingerprint density at radius 2 is 2.12 bits per heavy atom. The molecule has 0 saturated heterocycles. The first-order valence-electron chi connectivity index (χ1n) is 4.94. The number of hydrogen-bond acceptors (Lipinski definition) is 4. The van der Waals surface area contributed by atoms with E-state index in [4.69, 9.17) is 21.1 Å². The lowest BCUT2D eigenvalue weighted by Crippen LogP contribution is -2.24. The Bertz CT molecular complexity index is 417. The molecule has 0 N–H and O–H groups in total. The third kappa shape index (κ3) is 2.39. The molecule has 86 valence electrons. The van der Waals surface area contributed by atoms with Crippen molar-refractivity contribution in [1.29, 1.82) is 0 Å². The molecule has 0 fully saturated rings. The number of aliphatic carboxylic acids is 1. The van der Waals surface area contributed by atoms with Crippen molar-refractivity contribution < 1.29 is 19.4 Å². The molecule has 0 bridgehead atoms. The molecule has 5 heteroatoms. The minimum Gasteiger partial charge on any atom is -0.550 e. The molecule has 4 nitrogen and oxygen atoms in total. The van der Waals surface area contributed by atoms with Crippen molar-refractivity contribution in [2.45, 2.75) is 12.8 Å². The lowest BCUT2D eigenvalue weighted by atomic mass is 10.1. The first-order valence-corrected chi connectivity index (χ1v) is 5.32. The highest BCUT2D eigenvalue weighted by atomic mass is 35.5. The minimum atomic E-state index is -1.15. The van der Waals surface area contributed by atoms with Crippen molar-refractivity contribution in [3.8, 4) is 11.5 Å². The number of carbonyl (C=O) groups is 1. The van der Waals surface area contributed by atoms with Crippen LogP contribution in [0, 0.1) is 0 Å². The summed E-state index contributed by atoms with van der Waals surface area (Å²) in [7, 11) is 0. The number of carboxylic acids is 1. The Kier molecular flexibility index (Phi) is 3.19. The third-order valence-electron chi connectivity index (χ3n) is 2.21. The van der Waals surface area contributed by atoms with E-state index < -0.39 is 5.97 Å². The van der Waals surface area contributed by atoms with Crippen molar-refractivity contribution in [3.05, 3.63) is 22.7 Å². The van der Waals surface area contributed by atoms with Crippen LogP contribution >= 0.6 is 11.6 Å². The van der Waals surface area contributed by atoms with E-state index in [-0.39, 0.29) is 6.42 Å². The molecular formula is C11H10ClO4-. The number of ether oxygens (including phenoxy) is 2. The molecule has 0 radical (unpaired) electrons. The van der Waals surface area contributed by atoms with Crippen LogP contribution in [-0.4, -0.2) is 19.2 Å².